The summed E-state index contributed by atoms with van der Waals surface area (Å²) >= 11 is 0. The lowest BCUT2D eigenvalue weighted by atomic mass is 10.1. The van der Waals surface area contributed by atoms with Crippen LogP contribution in [0.5, 0.6) is 17.2 Å². The summed E-state index contributed by atoms with van der Waals surface area (Å²) in [5, 5.41) is 2.90. The van der Waals surface area contributed by atoms with Crippen molar-refractivity contribution >= 4 is 27.5 Å². The highest BCUT2D eigenvalue weighted by atomic mass is 32.2. The van der Waals surface area contributed by atoms with Crippen LogP contribution in [-0.2, 0) is 26.2 Å². The summed E-state index contributed by atoms with van der Waals surface area (Å²) in [5.41, 5.74) is 1.30. The zero-order chi connectivity index (χ0) is 27.7. The number of hydrogen-bond acceptors (Lipinski definition) is 7. The van der Waals surface area contributed by atoms with Crippen molar-refractivity contribution in [1.82, 2.24) is 10.2 Å². The minimum absolute atomic E-state index is 0.0737. The second-order valence-corrected chi connectivity index (χ2v) is 11.0. The van der Waals surface area contributed by atoms with Gasteiger partial charge in [0.1, 0.15) is 11.8 Å². The van der Waals surface area contributed by atoms with Crippen LogP contribution in [0.2, 0.25) is 0 Å². The Labute approximate surface area is 224 Å². The van der Waals surface area contributed by atoms with Crippen molar-refractivity contribution in [3.8, 4) is 17.2 Å². The molecule has 0 bridgehead atoms. The van der Waals surface area contributed by atoms with Crippen molar-refractivity contribution in [2.45, 2.75) is 52.1 Å². The molecule has 0 unspecified atom stereocenters. The highest BCUT2D eigenvalue weighted by molar-refractivity contribution is 7.92. The van der Waals surface area contributed by atoms with Crippen LogP contribution < -0.4 is 23.8 Å². The summed E-state index contributed by atoms with van der Waals surface area (Å²) in [5.74, 6) is 1.30. The van der Waals surface area contributed by atoms with E-state index >= 15 is 0 Å². The third-order valence-electron chi connectivity index (χ3n) is 6.24. The number of rotatable bonds is 14. The maximum atomic E-state index is 13.5. The molecule has 11 heteroatoms. The van der Waals surface area contributed by atoms with Crippen molar-refractivity contribution in [2.75, 3.05) is 37.6 Å². The minimum Gasteiger partial charge on any atom is -0.497 e. The van der Waals surface area contributed by atoms with Gasteiger partial charge in [0.15, 0.2) is 11.5 Å². The first-order valence-corrected chi connectivity index (χ1v) is 14.6. The molecule has 0 radical (unpaired) electrons. The molecule has 3 rings (SSSR count). The number of anilines is 1. The number of methoxy groups -OCH3 is 1. The summed E-state index contributed by atoms with van der Waals surface area (Å²) in [4.78, 5) is 28.0. The second kappa shape index (κ2) is 13.4. The molecule has 1 aliphatic heterocycles. The molecule has 0 spiro atoms. The fourth-order valence-electron chi connectivity index (χ4n) is 4.26. The maximum Gasteiger partial charge on any atom is 0.242 e. The molecule has 1 atom stereocenters. The van der Waals surface area contributed by atoms with E-state index in [9.17, 15) is 18.0 Å². The molecule has 2 amide bonds. The quantitative estimate of drug-likeness (QED) is 0.386. The fraction of sp³-hybridized carbons (Fsp3) is 0.481. The van der Waals surface area contributed by atoms with Crippen LogP contribution >= 0.6 is 0 Å². The van der Waals surface area contributed by atoms with Gasteiger partial charge in [0.2, 0.25) is 28.6 Å². The molecule has 208 valence electrons. The van der Waals surface area contributed by atoms with Crippen molar-refractivity contribution < 1.29 is 32.2 Å². The number of benzene rings is 2. The summed E-state index contributed by atoms with van der Waals surface area (Å²) in [6.45, 7) is 4.79. The lowest BCUT2D eigenvalue weighted by Gasteiger charge is -2.31. The molecular formula is C27H37N3O7S. The molecule has 1 N–H and O–H groups in total. The fourth-order valence-corrected chi connectivity index (χ4v) is 5.21. The van der Waals surface area contributed by atoms with Crippen LogP contribution in [0.25, 0.3) is 0 Å². The van der Waals surface area contributed by atoms with E-state index in [2.05, 4.69) is 5.32 Å². The largest absolute Gasteiger partial charge is 0.497 e. The number of carbonyl (C=O) groups excluding carboxylic acids is 2. The van der Waals surface area contributed by atoms with Gasteiger partial charge in [-0.3, -0.25) is 13.9 Å². The molecule has 2 aromatic rings. The van der Waals surface area contributed by atoms with Gasteiger partial charge in [0.25, 0.3) is 0 Å². The van der Waals surface area contributed by atoms with Crippen molar-refractivity contribution in [3.05, 3.63) is 48.0 Å². The van der Waals surface area contributed by atoms with Crippen LogP contribution in [0.1, 0.15) is 45.1 Å². The number of fused-ring (bicyclic) bond motifs is 1. The van der Waals surface area contributed by atoms with Gasteiger partial charge in [-0.2, -0.15) is 0 Å². The lowest BCUT2D eigenvalue weighted by molar-refractivity contribution is -0.141. The number of sulfonamides is 1. The number of amides is 2. The first-order valence-electron chi connectivity index (χ1n) is 12.7. The molecule has 0 aliphatic carbocycles. The van der Waals surface area contributed by atoms with E-state index in [1.54, 1.807) is 30.2 Å². The Morgan fingerprint density at radius 3 is 2.42 bits per heavy atom. The van der Waals surface area contributed by atoms with Crippen LogP contribution in [-0.4, -0.2) is 64.4 Å². The Morgan fingerprint density at radius 2 is 1.79 bits per heavy atom. The molecule has 0 saturated carbocycles. The van der Waals surface area contributed by atoms with Gasteiger partial charge in [0.05, 0.1) is 19.1 Å². The van der Waals surface area contributed by atoms with E-state index in [1.165, 1.54) is 4.31 Å². The SMILES string of the molecule is CCCNC(=O)[C@@H](CC)N(Cc1ccc(OC)cc1)C(=O)CCCN(c1ccc2c(c1)OCO2)S(C)(=O)=O. The Balaban J connectivity index is 1.75. The molecule has 1 aliphatic rings. The molecule has 38 heavy (non-hydrogen) atoms. The number of ether oxygens (including phenoxy) is 3. The summed E-state index contributed by atoms with van der Waals surface area (Å²) in [6, 6.07) is 11.6. The average molecular weight is 548 g/mol. The first kappa shape index (κ1) is 29.1. The van der Waals surface area contributed by atoms with Gasteiger partial charge >= 0.3 is 0 Å². The Morgan fingerprint density at radius 1 is 1.08 bits per heavy atom. The Bertz CT molecular complexity index is 1200. The normalized spacial score (nSPS) is 13.1. The predicted octanol–water partition coefficient (Wildman–Crippen LogP) is 3.30. The van der Waals surface area contributed by atoms with E-state index in [4.69, 9.17) is 14.2 Å². The van der Waals surface area contributed by atoms with Crippen molar-refractivity contribution in [1.29, 1.82) is 0 Å². The number of hydrogen-bond donors (Lipinski definition) is 1. The standard InChI is InChI=1S/C27H37N3O7S/c1-5-15-28-27(32)23(6-2)29(18-20-9-12-22(35-3)13-10-20)26(31)8-7-16-30(38(4,33)34)21-11-14-24-25(17-21)37-19-36-24/h9-14,17,23H,5-8,15-16,18-19H2,1-4H3,(H,28,32)/t23-/m1/s1. The van der Waals surface area contributed by atoms with Gasteiger partial charge in [-0.05, 0) is 49.1 Å². The van der Waals surface area contributed by atoms with Crippen LogP contribution in [0.15, 0.2) is 42.5 Å². The zero-order valence-corrected chi connectivity index (χ0v) is 23.3. The second-order valence-electron chi connectivity index (χ2n) is 9.06. The van der Waals surface area contributed by atoms with Crippen LogP contribution in [0.3, 0.4) is 0 Å². The summed E-state index contributed by atoms with van der Waals surface area (Å²) in [7, 11) is -2.03. The Kier molecular flexibility index (Phi) is 10.2. The number of nitrogens with one attached hydrogen (secondary N) is 1. The van der Waals surface area contributed by atoms with Gasteiger partial charge in [0, 0.05) is 32.1 Å². The van der Waals surface area contributed by atoms with Crippen molar-refractivity contribution in [2.24, 2.45) is 0 Å². The highest BCUT2D eigenvalue weighted by Crippen LogP contribution is 2.36. The van der Waals surface area contributed by atoms with E-state index in [0.717, 1.165) is 18.2 Å². The third-order valence-corrected chi connectivity index (χ3v) is 7.44. The minimum atomic E-state index is -3.62. The molecule has 0 saturated heterocycles. The van der Waals surface area contributed by atoms with E-state index < -0.39 is 16.1 Å². The summed E-state index contributed by atoms with van der Waals surface area (Å²) in [6.07, 6.45) is 2.71. The van der Waals surface area contributed by atoms with Crippen LogP contribution in [0, 0.1) is 0 Å². The average Bonchev–Trinajstić information content (AvgIpc) is 3.37. The number of carbonyl (C=O) groups is 2. The molecule has 0 aromatic heterocycles. The topological polar surface area (TPSA) is 114 Å². The Hall–Kier alpha value is -3.47. The molecular weight excluding hydrogens is 510 g/mol. The predicted molar refractivity (Wildman–Crippen MR) is 145 cm³/mol. The van der Waals surface area contributed by atoms with E-state index in [0.29, 0.717) is 35.9 Å². The monoisotopic (exact) mass is 547 g/mol. The van der Waals surface area contributed by atoms with Gasteiger partial charge in [-0.1, -0.05) is 26.0 Å². The lowest BCUT2D eigenvalue weighted by Crippen LogP contribution is -2.49. The first-order chi connectivity index (χ1) is 18.2. The zero-order valence-electron chi connectivity index (χ0n) is 22.4. The van der Waals surface area contributed by atoms with E-state index in [-0.39, 0.29) is 44.5 Å². The smallest absolute Gasteiger partial charge is 0.242 e. The van der Waals surface area contributed by atoms with Gasteiger partial charge in [-0.15, -0.1) is 0 Å². The maximum absolute atomic E-state index is 13.5. The highest BCUT2D eigenvalue weighted by Gasteiger charge is 2.29. The van der Waals surface area contributed by atoms with E-state index in [1.807, 2.05) is 38.1 Å². The van der Waals surface area contributed by atoms with Crippen LogP contribution in [0.4, 0.5) is 5.69 Å². The molecule has 0 fully saturated rings. The van der Waals surface area contributed by atoms with Gasteiger partial charge in [-0.25, -0.2) is 8.42 Å². The molecule has 10 nitrogen and oxygen atoms in total. The van der Waals surface area contributed by atoms with Gasteiger partial charge < -0.3 is 24.4 Å². The molecule has 2 aromatic carbocycles. The molecule has 1 heterocycles. The third kappa shape index (κ3) is 7.53. The number of nitrogens with zero attached hydrogens (tertiary/aromatic N) is 2. The van der Waals surface area contributed by atoms with Crippen molar-refractivity contribution in [3.63, 3.8) is 0 Å². The summed E-state index contributed by atoms with van der Waals surface area (Å²) < 4.78 is 42.3.